The standard InChI is InChI=1S/C9H19NOS/c1-8-7-12-6-5-10(8)4-3-9(2)11/h8-9,11H,3-7H2,1-2H3. The first-order valence-electron chi connectivity index (χ1n) is 4.70. The van der Waals surface area contributed by atoms with Crippen molar-refractivity contribution < 1.29 is 5.11 Å². The third-order valence-corrected chi connectivity index (χ3v) is 3.53. The smallest absolute Gasteiger partial charge is 0.0524 e. The van der Waals surface area contributed by atoms with Crippen LogP contribution in [0.25, 0.3) is 0 Å². The molecule has 0 aromatic rings. The van der Waals surface area contributed by atoms with Crippen LogP contribution in [-0.2, 0) is 0 Å². The molecule has 0 spiro atoms. The quantitative estimate of drug-likeness (QED) is 0.721. The van der Waals surface area contributed by atoms with E-state index in [1.165, 1.54) is 18.1 Å². The Hall–Kier alpha value is 0.270. The SMILES string of the molecule is CC(O)CCN1CCSCC1C. The number of aliphatic hydroxyl groups excluding tert-OH is 1. The number of nitrogens with zero attached hydrogens (tertiary/aromatic N) is 1. The fraction of sp³-hybridized carbons (Fsp3) is 1.00. The van der Waals surface area contributed by atoms with Crippen molar-refractivity contribution in [3.8, 4) is 0 Å². The lowest BCUT2D eigenvalue weighted by Gasteiger charge is -2.33. The molecule has 1 heterocycles. The van der Waals surface area contributed by atoms with Crippen molar-refractivity contribution in [3.05, 3.63) is 0 Å². The Morgan fingerprint density at radius 2 is 2.42 bits per heavy atom. The normalized spacial score (nSPS) is 28.8. The minimum Gasteiger partial charge on any atom is -0.393 e. The minimum atomic E-state index is -0.147. The molecule has 0 aromatic heterocycles. The monoisotopic (exact) mass is 189 g/mol. The highest BCUT2D eigenvalue weighted by Gasteiger charge is 2.17. The first kappa shape index (κ1) is 10.4. The summed E-state index contributed by atoms with van der Waals surface area (Å²) in [5.41, 5.74) is 0. The van der Waals surface area contributed by atoms with Gasteiger partial charge in [-0.15, -0.1) is 0 Å². The molecular formula is C9H19NOS. The first-order chi connectivity index (χ1) is 5.70. The third-order valence-electron chi connectivity index (χ3n) is 2.34. The van der Waals surface area contributed by atoms with E-state index < -0.39 is 0 Å². The average molecular weight is 189 g/mol. The number of rotatable bonds is 3. The molecule has 12 heavy (non-hydrogen) atoms. The van der Waals surface area contributed by atoms with E-state index in [1.807, 2.05) is 18.7 Å². The number of hydrogen-bond acceptors (Lipinski definition) is 3. The fourth-order valence-electron chi connectivity index (χ4n) is 1.45. The van der Waals surface area contributed by atoms with Crippen molar-refractivity contribution in [2.75, 3.05) is 24.6 Å². The van der Waals surface area contributed by atoms with E-state index >= 15 is 0 Å². The van der Waals surface area contributed by atoms with Gasteiger partial charge in [-0.1, -0.05) is 0 Å². The van der Waals surface area contributed by atoms with Crippen molar-refractivity contribution >= 4 is 11.8 Å². The van der Waals surface area contributed by atoms with Gasteiger partial charge in [0.1, 0.15) is 0 Å². The van der Waals surface area contributed by atoms with Crippen LogP contribution < -0.4 is 0 Å². The molecule has 2 unspecified atom stereocenters. The van der Waals surface area contributed by atoms with Crippen molar-refractivity contribution in [1.82, 2.24) is 4.90 Å². The average Bonchev–Trinajstić information content (AvgIpc) is 2.03. The highest BCUT2D eigenvalue weighted by atomic mass is 32.2. The second kappa shape index (κ2) is 5.10. The van der Waals surface area contributed by atoms with Crippen LogP contribution in [0.15, 0.2) is 0 Å². The maximum atomic E-state index is 9.14. The summed E-state index contributed by atoms with van der Waals surface area (Å²) in [6.45, 7) is 6.38. The predicted molar refractivity (Wildman–Crippen MR) is 54.7 cm³/mol. The fourth-order valence-corrected chi connectivity index (χ4v) is 2.53. The molecule has 0 radical (unpaired) electrons. The number of thioether (sulfide) groups is 1. The van der Waals surface area contributed by atoms with E-state index in [1.54, 1.807) is 0 Å². The van der Waals surface area contributed by atoms with Gasteiger partial charge in [0.15, 0.2) is 0 Å². The van der Waals surface area contributed by atoms with Crippen LogP contribution in [0.3, 0.4) is 0 Å². The predicted octanol–water partition coefficient (Wildman–Crippen LogP) is 1.19. The van der Waals surface area contributed by atoms with Crippen LogP contribution in [0.4, 0.5) is 0 Å². The molecule has 1 rings (SSSR count). The Balaban J connectivity index is 2.20. The maximum Gasteiger partial charge on any atom is 0.0524 e. The Morgan fingerprint density at radius 1 is 1.67 bits per heavy atom. The Labute approximate surface area is 79.3 Å². The van der Waals surface area contributed by atoms with Crippen molar-refractivity contribution in [2.45, 2.75) is 32.4 Å². The Bertz CT molecular complexity index is 130. The molecular weight excluding hydrogens is 170 g/mol. The van der Waals surface area contributed by atoms with Gasteiger partial charge in [0.25, 0.3) is 0 Å². The van der Waals surface area contributed by atoms with Gasteiger partial charge >= 0.3 is 0 Å². The number of hydrogen-bond donors (Lipinski definition) is 1. The van der Waals surface area contributed by atoms with Crippen molar-refractivity contribution in [1.29, 1.82) is 0 Å². The summed E-state index contributed by atoms with van der Waals surface area (Å²) in [5, 5.41) is 9.14. The summed E-state index contributed by atoms with van der Waals surface area (Å²) in [5.74, 6) is 2.50. The van der Waals surface area contributed by atoms with Crippen LogP contribution >= 0.6 is 11.8 Å². The van der Waals surface area contributed by atoms with E-state index in [2.05, 4.69) is 11.8 Å². The van der Waals surface area contributed by atoms with E-state index in [0.717, 1.165) is 13.0 Å². The molecule has 1 saturated heterocycles. The van der Waals surface area contributed by atoms with Crippen molar-refractivity contribution in [2.24, 2.45) is 0 Å². The van der Waals surface area contributed by atoms with Gasteiger partial charge in [0, 0.05) is 30.6 Å². The molecule has 0 aliphatic carbocycles. The summed E-state index contributed by atoms with van der Waals surface area (Å²) < 4.78 is 0. The van der Waals surface area contributed by atoms with Crippen LogP contribution in [0, 0.1) is 0 Å². The van der Waals surface area contributed by atoms with Crippen LogP contribution in [0.5, 0.6) is 0 Å². The van der Waals surface area contributed by atoms with E-state index in [9.17, 15) is 0 Å². The molecule has 3 heteroatoms. The largest absolute Gasteiger partial charge is 0.393 e. The summed E-state index contributed by atoms with van der Waals surface area (Å²) >= 11 is 2.04. The summed E-state index contributed by atoms with van der Waals surface area (Å²) in [6.07, 6.45) is 0.765. The summed E-state index contributed by atoms with van der Waals surface area (Å²) in [4.78, 5) is 2.48. The van der Waals surface area contributed by atoms with Gasteiger partial charge in [0.05, 0.1) is 6.10 Å². The molecule has 0 saturated carbocycles. The van der Waals surface area contributed by atoms with Gasteiger partial charge in [-0.05, 0) is 20.3 Å². The van der Waals surface area contributed by atoms with Gasteiger partial charge in [-0.25, -0.2) is 0 Å². The molecule has 2 nitrogen and oxygen atoms in total. The van der Waals surface area contributed by atoms with Gasteiger partial charge in [0.2, 0.25) is 0 Å². The second-order valence-electron chi connectivity index (χ2n) is 3.60. The topological polar surface area (TPSA) is 23.5 Å². The zero-order valence-electron chi connectivity index (χ0n) is 7.99. The summed E-state index contributed by atoms with van der Waals surface area (Å²) in [7, 11) is 0. The lowest BCUT2D eigenvalue weighted by molar-refractivity contribution is 0.145. The van der Waals surface area contributed by atoms with Crippen LogP contribution in [-0.4, -0.2) is 46.7 Å². The molecule has 0 aromatic carbocycles. The lowest BCUT2D eigenvalue weighted by atomic mass is 10.2. The molecule has 1 N–H and O–H groups in total. The molecule has 2 atom stereocenters. The van der Waals surface area contributed by atoms with E-state index in [-0.39, 0.29) is 6.10 Å². The number of aliphatic hydroxyl groups is 1. The minimum absolute atomic E-state index is 0.147. The zero-order valence-corrected chi connectivity index (χ0v) is 8.81. The van der Waals surface area contributed by atoms with E-state index in [4.69, 9.17) is 5.11 Å². The Kier molecular flexibility index (Phi) is 4.40. The lowest BCUT2D eigenvalue weighted by Crippen LogP contribution is -2.41. The first-order valence-corrected chi connectivity index (χ1v) is 5.85. The highest BCUT2D eigenvalue weighted by molar-refractivity contribution is 7.99. The second-order valence-corrected chi connectivity index (χ2v) is 4.75. The molecule has 72 valence electrons. The van der Waals surface area contributed by atoms with Gasteiger partial charge < -0.3 is 5.11 Å². The highest BCUT2D eigenvalue weighted by Crippen LogP contribution is 2.16. The molecule has 1 aliphatic heterocycles. The maximum absolute atomic E-state index is 9.14. The Morgan fingerprint density at radius 3 is 3.00 bits per heavy atom. The molecule has 0 bridgehead atoms. The third kappa shape index (κ3) is 3.33. The van der Waals surface area contributed by atoms with E-state index in [0.29, 0.717) is 6.04 Å². The van der Waals surface area contributed by atoms with Crippen LogP contribution in [0.2, 0.25) is 0 Å². The van der Waals surface area contributed by atoms with Crippen molar-refractivity contribution in [3.63, 3.8) is 0 Å². The summed E-state index contributed by atoms with van der Waals surface area (Å²) in [6, 6.07) is 0.697. The molecule has 1 aliphatic rings. The van der Waals surface area contributed by atoms with Crippen LogP contribution in [0.1, 0.15) is 20.3 Å². The van der Waals surface area contributed by atoms with Gasteiger partial charge in [-0.3, -0.25) is 4.90 Å². The van der Waals surface area contributed by atoms with Gasteiger partial charge in [-0.2, -0.15) is 11.8 Å². The molecule has 0 amide bonds. The zero-order chi connectivity index (χ0) is 8.97. The molecule has 1 fully saturated rings.